The van der Waals surface area contributed by atoms with Gasteiger partial charge in [0.15, 0.2) is 0 Å². The molecule has 0 bridgehead atoms. The number of piperazine rings is 1. The van der Waals surface area contributed by atoms with Crippen molar-refractivity contribution in [3.05, 3.63) is 59.1 Å². The summed E-state index contributed by atoms with van der Waals surface area (Å²) in [7, 11) is 0. The van der Waals surface area contributed by atoms with Crippen molar-refractivity contribution in [2.24, 2.45) is 5.73 Å². The number of nitrogens with zero attached hydrogens (tertiary/aromatic N) is 5. The topological polar surface area (TPSA) is 114 Å². The maximum Gasteiger partial charge on any atom is 0.255 e. The molecular weight excluding hydrogens is 438 g/mol. The van der Waals surface area contributed by atoms with Gasteiger partial charge in [-0.1, -0.05) is 24.6 Å². The Balaban J connectivity index is 1.64. The van der Waals surface area contributed by atoms with E-state index in [9.17, 15) is 4.79 Å². The van der Waals surface area contributed by atoms with Crippen molar-refractivity contribution in [3.63, 3.8) is 0 Å². The summed E-state index contributed by atoms with van der Waals surface area (Å²) in [6, 6.07) is 9.14. The molecule has 4 rings (SSSR count). The second-order valence-corrected chi connectivity index (χ2v) is 8.39. The highest BCUT2D eigenvalue weighted by atomic mass is 35.5. The Morgan fingerprint density at radius 1 is 1.06 bits per heavy atom. The molecular formula is C24H28ClN7O. The van der Waals surface area contributed by atoms with E-state index in [0.29, 0.717) is 36.0 Å². The molecule has 0 radical (unpaired) electrons. The molecule has 1 aromatic carbocycles. The lowest BCUT2D eigenvalue weighted by molar-refractivity contribution is 0.0641. The van der Waals surface area contributed by atoms with E-state index in [4.69, 9.17) is 23.1 Å². The lowest BCUT2D eigenvalue weighted by Crippen LogP contribution is -2.49. The van der Waals surface area contributed by atoms with E-state index in [1.165, 1.54) is 0 Å². The summed E-state index contributed by atoms with van der Waals surface area (Å²) in [5.74, 6) is 0.392. The summed E-state index contributed by atoms with van der Waals surface area (Å²) in [5.41, 5.74) is 16.1. The van der Waals surface area contributed by atoms with Gasteiger partial charge < -0.3 is 16.4 Å². The fourth-order valence-corrected chi connectivity index (χ4v) is 4.39. The van der Waals surface area contributed by atoms with E-state index >= 15 is 0 Å². The Hall–Kier alpha value is -3.07. The van der Waals surface area contributed by atoms with Crippen LogP contribution in [0.5, 0.6) is 0 Å². The van der Waals surface area contributed by atoms with Crippen LogP contribution in [0, 0.1) is 0 Å². The maximum absolute atomic E-state index is 13.1. The van der Waals surface area contributed by atoms with Gasteiger partial charge >= 0.3 is 0 Å². The lowest BCUT2D eigenvalue weighted by atomic mass is 9.97. The molecule has 0 unspecified atom stereocenters. The molecule has 0 atom stereocenters. The number of anilines is 1. The first kappa shape index (κ1) is 23.1. The van der Waals surface area contributed by atoms with Crippen LogP contribution < -0.4 is 11.5 Å². The Labute approximate surface area is 198 Å². The molecule has 3 aromatic rings. The van der Waals surface area contributed by atoms with Gasteiger partial charge in [0.05, 0.1) is 22.0 Å². The van der Waals surface area contributed by atoms with Crippen molar-refractivity contribution in [1.82, 2.24) is 24.8 Å². The molecule has 172 valence electrons. The number of carbonyl (C=O) groups is 1. The highest BCUT2D eigenvalue weighted by Gasteiger charge is 2.24. The largest absolute Gasteiger partial charge is 0.384 e. The molecule has 33 heavy (non-hydrogen) atoms. The molecule has 1 aliphatic rings. The van der Waals surface area contributed by atoms with Gasteiger partial charge in [-0.3, -0.25) is 9.69 Å². The smallest absolute Gasteiger partial charge is 0.255 e. The van der Waals surface area contributed by atoms with Crippen molar-refractivity contribution >= 4 is 23.3 Å². The summed E-state index contributed by atoms with van der Waals surface area (Å²) in [6.07, 6.45) is 4.01. The predicted molar refractivity (Wildman–Crippen MR) is 131 cm³/mol. The Morgan fingerprint density at radius 3 is 2.45 bits per heavy atom. The third-order valence-electron chi connectivity index (χ3n) is 5.91. The molecule has 9 heteroatoms. The van der Waals surface area contributed by atoms with Crippen LogP contribution in [0.4, 0.5) is 5.82 Å². The predicted octanol–water partition coefficient (Wildman–Crippen LogP) is 2.72. The van der Waals surface area contributed by atoms with Crippen LogP contribution >= 0.6 is 11.6 Å². The molecule has 0 saturated carbocycles. The number of halogens is 1. The maximum atomic E-state index is 13.1. The summed E-state index contributed by atoms with van der Waals surface area (Å²) in [5, 5.41) is 0.403. The zero-order chi connectivity index (χ0) is 23.4. The number of hydrogen-bond donors (Lipinski definition) is 2. The molecule has 2 aromatic heterocycles. The number of nitrogens with two attached hydrogens (primary N) is 2. The molecule has 0 aliphatic carbocycles. The number of carbonyl (C=O) groups excluding carboxylic acids is 1. The number of pyridine rings is 1. The fourth-order valence-electron chi connectivity index (χ4n) is 4.13. The van der Waals surface area contributed by atoms with Crippen LogP contribution in [-0.2, 0) is 6.42 Å². The molecule has 1 aliphatic heterocycles. The van der Waals surface area contributed by atoms with Gasteiger partial charge in [0.1, 0.15) is 12.1 Å². The second-order valence-electron chi connectivity index (χ2n) is 7.99. The third-order valence-corrected chi connectivity index (χ3v) is 6.23. The third kappa shape index (κ3) is 4.98. The van der Waals surface area contributed by atoms with E-state index in [2.05, 4.69) is 19.9 Å². The van der Waals surface area contributed by atoms with E-state index in [0.717, 1.165) is 54.1 Å². The van der Waals surface area contributed by atoms with Gasteiger partial charge in [-0.05, 0) is 30.7 Å². The standard InChI is InChI=1S/C24H28ClN7O/c1-2-20-22(17-4-6-21(27)28-14-17)23(30-15-29-20)16-3-5-18(19(25)13-16)24(33)32-11-9-31(8-7-26)10-12-32/h3-6,13-15H,2,7-12,26H2,1H3,(H2,27,28). The SMILES string of the molecule is CCc1ncnc(-c2ccc(C(=O)N3CCN(CCN)CC3)c(Cl)c2)c1-c1ccc(N)nc1. The monoisotopic (exact) mass is 465 g/mol. The highest BCUT2D eigenvalue weighted by molar-refractivity contribution is 6.34. The number of aryl methyl sites for hydroxylation is 1. The van der Waals surface area contributed by atoms with E-state index in [1.54, 1.807) is 30.7 Å². The van der Waals surface area contributed by atoms with Crippen LogP contribution in [0.15, 0.2) is 42.9 Å². The lowest BCUT2D eigenvalue weighted by Gasteiger charge is -2.34. The van der Waals surface area contributed by atoms with Gasteiger partial charge in [0.2, 0.25) is 0 Å². The number of nitrogen functional groups attached to an aromatic ring is 1. The van der Waals surface area contributed by atoms with Crippen LogP contribution in [0.3, 0.4) is 0 Å². The first-order valence-corrected chi connectivity index (χ1v) is 11.5. The minimum absolute atomic E-state index is 0.0566. The summed E-state index contributed by atoms with van der Waals surface area (Å²) < 4.78 is 0. The number of rotatable bonds is 6. The normalized spacial score (nSPS) is 14.5. The van der Waals surface area contributed by atoms with Gasteiger partial charge in [0.25, 0.3) is 5.91 Å². The van der Waals surface area contributed by atoms with Gasteiger partial charge in [-0.25, -0.2) is 15.0 Å². The van der Waals surface area contributed by atoms with Crippen LogP contribution in [0.1, 0.15) is 23.0 Å². The van der Waals surface area contributed by atoms with Crippen LogP contribution in [0.2, 0.25) is 5.02 Å². The average molecular weight is 466 g/mol. The number of amides is 1. The van der Waals surface area contributed by atoms with Gasteiger partial charge in [-0.15, -0.1) is 0 Å². The quantitative estimate of drug-likeness (QED) is 0.575. The molecule has 8 nitrogen and oxygen atoms in total. The molecule has 3 heterocycles. The Bertz CT molecular complexity index is 1130. The van der Waals surface area contributed by atoms with Crippen molar-refractivity contribution in [2.75, 3.05) is 45.0 Å². The summed E-state index contributed by atoms with van der Waals surface area (Å²) in [6.45, 7) is 6.48. The summed E-state index contributed by atoms with van der Waals surface area (Å²) >= 11 is 6.62. The molecule has 1 fully saturated rings. The van der Waals surface area contributed by atoms with E-state index in [1.807, 2.05) is 24.0 Å². The fraction of sp³-hybridized carbons (Fsp3) is 0.333. The minimum atomic E-state index is -0.0566. The van der Waals surface area contributed by atoms with E-state index < -0.39 is 0 Å². The minimum Gasteiger partial charge on any atom is -0.384 e. The molecule has 4 N–H and O–H groups in total. The van der Waals surface area contributed by atoms with Crippen molar-refractivity contribution in [2.45, 2.75) is 13.3 Å². The van der Waals surface area contributed by atoms with Crippen LogP contribution in [-0.4, -0.2) is 69.9 Å². The van der Waals surface area contributed by atoms with Gasteiger partial charge in [0, 0.05) is 62.2 Å². The van der Waals surface area contributed by atoms with Crippen molar-refractivity contribution in [3.8, 4) is 22.4 Å². The number of hydrogen-bond acceptors (Lipinski definition) is 7. The molecule has 0 spiro atoms. The van der Waals surface area contributed by atoms with E-state index in [-0.39, 0.29) is 5.91 Å². The average Bonchev–Trinajstić information content (AvgIpc) is 2.84. The zero-order valence-electron chi connectivity index (χ0n) is 18.7. The highest BCUT2D eigenvalue weighted by Crippen LogP contribution is 2.34. The Kier molecular flexibility index (Phi) is 7.17. The van der Waals surface area contributed by atoms with Crippen molar-refractivity contribution < 1.29 is 4.79 Å². The Morgan fingerprint density at radius 2 is 1.82 bits per heavy atom. The zero-order valence-corrected chi connectivity index (χ0v) is 19.4. The molecule has 1 amide bonds. The number of benzene rings is 1. The van der Waals surface area contributed by atoms with Crippen LogP contribution in [0.25, 0.3) is 22.4 Å². The summed E-state index contributed by atoms with van der Waals surface area (Å²) in [4.78, 5) is 30.4. The molecule has 1 saturated heterocycles. The second kappa shape index (κ2) is 10.2. The number of aromatic nitrogens is 3. The van der Waals surface area contributed by atoms with Gasteiger partial charge in [-0.2, -0.15) is 0 Å². The van der Waals surface area contributed by atoms with Crippen molar-refractivity contribution in [1.29, 1.82) is 0 Å². The first-order chi connectivity index (χ1) is 16.0. The first-order valence-electron chi connectivity index (χ1n) is 11.1.